The molecule has 0 aliphatic rings. The number of aliphatic imine (C=N–C) groups is 1. The number of nitrogens with zero attached hydrogens (tertiary/aromatic N) is 3. The standard InChI is InChI=1S/C23H28N8O/c1-14(2)31-15(3)27-13-21(31)20(12-24)30-23(26)28-17-10-8-16(9-11-17)22(32)29-19-7-5-4-6-18(19)25/h4-14H,24-25H2,1-3H3,(H,29,32)(H3,26,28,30)/b20-12-. The molecule has 0 saturated carbocycles. The van der Waals surface area contributed by atoms with Gasteiger partial charge in [-0.25, -0.2) is 9.98 Å². The summed E-state index contributed by atoms with van der Waals surface area (Å²) in [6, 6.07) is 14.1. The summed E-state index contributed by atoms with van der Waals surface area (Å²) in [5.74, 6) is 0.758. The third kappa shape index (κ3) is 5.07. The lowest BCUT2D eigenvalue weighted by atomic mass is 10.2. The zero-order chi connectivity index (χ0) is 23.3. The van der Waals surface area contributed by atoms with Crippen LogP contribution >= 0.6 is 0 Å². The number of nitrogens with two attached hydrogens (primary N) is 3. The van der Waals surface area contributed by atoms with E-state index in [1.165, 1.54) is 6.20 Å². The van der Waals surface area contributed by atoms with Gasteiger partial charge < -0.3 is 32.4 Å². The lowest BCUT2D eigenvalue weighted by Crippen LogP contribution is -2.23. The summed E-state index contributed by atoms with van der Waals surface area (Å²) in [7, 11) is 0. The van der Waals surface area contributed by atoms with Gasteiger partial charge in [-0.05, 0) is 57.2 Å². The predicted octanol–water partition coefficient (Wildman–Crippen LogP) is 3.29. The Morgan fingerprint density at radius 1 is 1.12 bits per heavy atom. The van der Waals surface area contributed by atoms with Gasteiger partial charge in [0.2, 0.25) is 0 Å². The van der Waals surface area contributed by atoms with Crippen molar-refractivity contribution in [3.8, 4) is 0 Å². The van der Waals surface area contributed by atoms with Crippen molar-refractivity contribution in [2.24, 2.45) is 16.5 Å². The molecule has 0 saturated heterocycles. The van der Waals surface area contributed by atoms with E-state index >= 15 is 0 Å². The summed E-state index contributed by atoms with van der Waals surface area (Å²) in [5, 5.41) is 5.80. The van der Waals surface area contributed by atoms with Gasteiger partial charge in [-0.2, -0.15) is 0 Å². The zero-order valence-electron chi connectivity index (χ0n) is 18.3. The van der Waals surface area contributed by atoms with Crippen LogP contribution in [0.25, 0.3) is 5.70 Å². The first-order chi connectivity index (χ1) is 15.3. The molecule has 3 aromatic rings. The molecule has 0 aliphatic carbocycles. The monoisotopic (exact) mass is 432 g/mol. The Morgan fingerprint density at radius 3 is 2.44 bits per heavy atom. The Balaban J connectivity index is 1.71. The quantitative estimate of drug-likeness (QED) is 0.229. The largest absolute Gasteiger partial charge is 0.403 e. The van der Waals surface area contributed by atoms with Gasteiger partial charge in [0.05, 0.1) is 23.3 Å². The summed E-state index contributed by atoms with van der Waals surface area (Å²) in [6.45, 7) is 6.04. The fraction of sp³-hybridized carbons (Fsp3) is 0.174. The van der Waals surface area contributed by atoms with Crippen LogP contribution in [-0.2, 0) is 0 Å². The van der Waals surface area contributed by atoms with Crippen molar-refractivity contribution in [1.29, 1.82) is 0 Å². The summed E-state index contributed by atoms with van der Waals surface area (Å²) < 4.78 is 2.03. The highest BCUT2D eigenvalue weighted by Crippen LogP contribution is 2.22. The summed E-state index contributed by atoms with van der Waals surface area (Å²) in [4.78, 5) is 21.2. The molecule has 2 aromatic carbocycles. The molecule has 1 amide bonds. The molecule has 0 atom stereocenters. The van der Waals surface area contributed by atoms with Gasteiger partial charge >= 0.3 is 0 Å². The Kier molecular flexibility index (Phi) is 6.79. The van der Waals surface area contributed by atoms with E-state index in [9.17, 15) is 4.79 Å². The number of hydrogen-bond donors (Lipinski definition) is 5. The third-order valence-corrected chi connectivity index (χ3v) is 4.79. The second kappa shape index (κ2) is 9.69. The maximum absolute atomic E-state index is 12.5. The van der Waals surface area contributed by atoms with Crippen molar-refractivity contribution in [2.45, 2.75) is 26.8 Å². The Labute approximate surface area is 187 Å². The Bertz CT molecular complexity index is 1160. The van der Waals surface area contributed by atoms with Crippen LogP contribution in [0.1, 0.15) is 41.8 Å². The van der Waals surface area contributed by atoms with Crippen LogP contribution in [0.2, 0.25) is 0 Å². The van der Waals surface area contributed by atoms with Crippen molar-refractivity contribution in [3.05, 3.63) is 78.0 Å². The molecular weight excluding hydrogens is 404 g/mol. The summed E-state index contributed by atoms with van der Waals surface area (Å²) in [5.41, 5.74) is 21.3. The van der Waals surface area contributed by atoms with Crippen LogP contribution in [0.15, 0.2) is 65.9 Å². The molecule has 0 bridgehead atoms. The molecule has 0 unspecified atom stereocenters. The van der Waals surface area contributed by atoms with Crippen molar-refractivity contribution >= 4 is 34.6 Å². The first-order valence-electron chi connectivity index (χ1n) is 10.1. The lowest BCUT2D eigenvalue weighted by Gasteiger charge is -2.14. The topological polar surface area (TPSA) is 149 Å². The van der Waals surface area contributed by atoms with Crippen LogP contribution < -0.4 is 27.8 Å². The van der Waals surface area contributed by atoms with Gasteiger partial charge in [-0.3, -0.25) is 4.79 Å². The van der Waals surface area contributed by atoms with Gasteiger partial charge in [0.15, 0.2) is 5.96 Å². The van der Waals surface area contributed by atoms with Crippen LogP contribution in [0, 0.1) is 6.92 Å². The Hall–Kier alpha value is -4.27. The van der Waals surface area contributed by atoms with E-state index in [0.29, 0.717) is 28.3 Å². The molecule has 166 valence electrons. The minimum atomic E-state index is -0.262. The number of carbonyl (C=O) groups is 1. The molecule has 9 nitrogen and oxygen atoms in total. The number of aryl methyl sites for hydroxylation is 1. The predicted molar refractivity (Wildman–Crippen MR) is 130 cm³/mol. The summed E-state index contributed by atoms with van der Waals surface area (Å²) in [6.07, 6.45) is 3.12. The minimum Gasteiger partial charge on any atom is -0.403 e. The minimum absolute atomic E-state index is 0.158. The molecule has 32 heavy (non-hydrogen) atoms. The highest BCUT2D eigenvalue weighted by Gasteiger charge is 2.14. The SMILES string of the molecule is Cc1ncc(/C(=C/N)N=C(N)Nc2ccc(C(=O)Nc3ccccc3N)cc2)n1C(C)C. The highest BCUT2D eigenvalue weighted by molar-refractivity contribution is 6.06. The number of amides is 1. The number of anilines is 3. The van der Waals surface area contributed by atoms with E-state index in [-0.39, 0.29) is 17.9 Å². The van der Waals surface area contributed by atoms with Crippen LogP contribution in [-0.4, -0.2) is 21.4 Å². The van der Waals surface area contributed by atoms with E-state index < -0.39 is 0 Å². The fourth-order valence-corrected chi connectivity index (χ4v) is 3.29. The van der Waals surface area contributed by atoms with Gasteiger partial charge in [0, 0.05) is 23.5 Å². The average molecular weight is 433 g/mol. The molecule has 1 heterocycles. The number of rotatable bonds is 6. The van der Waals surface area contributed by atoms with Gasteiger partial charge in [0.25, 0.3) is 5.91 Å². The molecule has 0 fully saturated rings. The van der Waals surface area contributed by atoms with Crippen molar-refractivity contribution in [3.63, 3.8) is 0 Å². The maximum Gasteiger partial charge on any atom is 0.255 e. The second-order valence-corrected chi connectivity index (χ2v) is 7.45. The molecule has 0 spiro atoms. The number of hydrogen-bond acceptors (Lipinski definition) is 5. The normalized spacial score (nSPS) is 12.1. The van der Waals surface area contributed by atoms with Crippen molar-refractivity contribution in [2.75, 3.05) is 16.4 Å². The van der Waals surface area contributed by atoms with Crippen LogP contribution in [0.3, 0.4) is 0 Å². The van der Waals surface area contributed by atoms with E-state index in [1.54, 1.807) is 54.7 Å². The smallest absolute Gasteiger partial charge is 0.255 e. The first-order valence-corrected chi connectivity index (χ1v) is 10.1. The number of nitrogens with one attached hydrogen (secondary N) is 2. The molecule has 9 heteroatoms. The molecule has 1 aromatic heterocycles. The lowest BCUT2D eigenvalue weighted by molar-refractivity contribution is 0.102. The molecule has 0 aliphatic heterocycles. The number of nitrogen functional groups attached to an aromatic ring is 1. The highest BCUT2D eigenvalue weighted by atomic mass is 16.1. The third-order valence-electron chi connectivity index (χ3n) is 4.79. The molecular formula is C23H28N8O. The fourth-order valence-electron chi connectivity index (χ4n) is 3.29. The first kappa shape index (κ1) is 22.4. The Morgan fingerprint density at radius 2 is 1.81 bits per heavy atom. The average Bonchev–Trinajstić information content (AvgIpc) is 3.15. The molecule has 8 N–H and O–H groups in total. The molecule has 3 rings (SSSR count). The van der Waals surface area contributed by atoms with Gasteiger partial charge in [-0.15, -0.1) is 0 Å². The van der Waals surface area contributed by atoms with Crippen LogP contribution in [0.5, 0.6) is 0 Å². The number of imidazole rings is 1. The van der Waals surface area contributed by atoms with Crippen LogP contribution in [0.4, 0.5) is 17.1 Å². The number of aromatic nitrogens is 2. The molecule has 0 radical (unpaired) electrons. The number of para-hydroxylation sites is 2. The van der Waals surface area contributed by atoms with E-state index in [4.69, 9.17) is 17.2 Å². The summed E-state index contributed by atoms with van der Waals surface area (Å²) >= 11 is 0. The van der Waals surface area contributed by atoms with E-state index in [1.807, 2.05) is 11.5 Å². The maximum atomic E-state index is 12.5. The second-order valence-electron chi connectivity index (χ2n) is 7.45. The number of guanidine groups is 1. The number of carbonyl (C=O) groups excluding carboxylic acids is 1. The number of benzene rings is 2. The van der Waals surface area contributed by atoms with Crippen molar-refractivity contribution < 1.29 is 4.79 Å². The van der Waals surface area contributed by atoms with E-state index in [2.05, 4.69) is 34.5 Å². The van der Waals surface area contributed by atoms with Gasteiger partial charge in [0.1, 0.15) is 11.5 Å². The zero-order valence-corrected chi connectivity index (χ0v) is 18.3. The van der Waals surface area contributed by atoms with Gasteiger partial charge in [-0.1, -0.05) is 12.1 Å². The van der Waals surface area contributed by atoms with Crippen molar-refractivity contribution in [1.82, 2.24) is 9.55 Å². The van der Waals surface area contributed by atoms with E-state index in [0.717, 1.165) is 11.5 Å².